The van der Waals surface area contributed by atoms with Gasteiger partial charge in [0.2, 0.25) is 6.41 Å². The second kappa shape index (κ2) is 7.90. The molecule has 2 aromatic heterocycles. The fourth-order valence-corrected chi connectivity index (χ4v) is 3.67. The lowest BCUT2D eigenvalue weighted by molar-refractivity contribution is -0.118. The summed E-state index contributed by atoms with van der Waals surface area (Å²) >= 11 is 0. The van der Waals surface area contributed by atoms with Gasteiger partial charge in [0.25, 0.3) is 5.91 Å². The molecular weight excluding hydrogens is 368 g/mol. The molecule has 0 aliphatic carbocycles. The third-order valence-corrected chi connectivity index (χ3v) is 5.53. The molecule has 0 saturated carbocycles. The SMILES string of the molecule is C[C@H](Nc1ccc(C(=O)N2CC[C@H](N(C)C=O)C2)cn1)c1ccc2[nH]ncc2c1. The number of benzene rings is 1. The van der Waals surface area contributed by atoms with Crippen LogP contribution in [0.5, 0.6) is 0 Å². The standard InChI is InChI=1S/C21H24N6O2/c1-14(15-3-5-19-17(9-15)11-23-25-19)24-20-6-4-16(10-22-20)21(29)27-8-7-18(12-27)26(2)13-28/h3-6,9-11,13-14,18H,7-8,12H2,1-2H3,(H,22,24)(H,23,25)/t14-,18-/m0/s1. The number of carbonyl (C=O) groups excluding carboxylic acids is 2. The molecule has 1 aromatic carbocycles. The van der Waals surface area contributed by atoms with Crippen LogP contribution in [0, 0.1) is 0 Å². The van der Waals surface area contributed by atoms with Crippen LogP contribution in [-0.2, 0) is 4.79 Å². The molecule has 1 aliphatic rings. The number of aromatic nitrogens is 3. The summed E-state index contributed by atoms with van der Waals surface area (Å²) < 4.78 is 0. The first-order valence-electron chi connectivity index (χ1n) is 9.67. The average molecular weight is 392 g/mol. The number of likely N-dealkylation sites (tertiary alicyclic amines) is 1. The van der Waals surface area contributed by atoms with Crippen LogP contribution in [0.1, 0.15) is 35.3 Å². The molecule has 1 aliphatic heterocycles. The maximum Gasteiger partial charge on any atom is 0.255 e. The quantitative estimate of drug-likeness (QED) is 0.629. The zero-order chi connectivity index (χ0) is 20.4. The summed E-state index contributed by atoms with van der Waals surface area (Å²) in [4.78, 5) is 31.4. The van der Waals surface area contributed by atoms with E-state index in [1.807, 2.05) is 12.1 Å². The smallest absolute Gasteiger partial charge is 0.255 e. The third kappa shape index (κ3) is 3.91. The molecule has 3 aromatic rings. The summed E-state index contributed by atoms with van der Waals surface area (Å²) in [6.07, 6.45) is 5.02. The number of H-pyrrole nitrogens is 1. The van der Waals surface area contributed by atoms with Crippen LogP contribution in [0.4, 0.5) is 5.82 Å². The molecule has 4 rings (SSSR count). The van der Waals surface area contributed by atoms with Gasteiger partial charge in [-0.25, -0.2) is 4.98 Å². The van der Waals surface area contributed by atoms with Gasteiger partial charge < -0.3 is 15.1 Å². The average Bonchev–Trinajstić information content (AvgIpc) is 3.42. The Hall–Kier alpha value is -3.42. The van der Waals surface area contributed by atoms with Crippen molar-refractivity contribution >= 4 is 29.0 Å². The molecule has 1 saturated heterocycles. The number of rotatable bonds is 6. The first-order chi connectivity index (χ1) is 14.0. The monoisotopic (exact) mass is 392 g/mol. The second-order valence-electron chi connectivity index (χ2n) is 7.48. The zero-order valence-corrected chi connectivity index (χ0v) is 16.5. The van der Waals surface area contributed by atoms with Crippen molar-refractivity contribution in [2.24, 2.45) is 0 Å². The van der Waals surface area contributed by atoms with Gasteiger partial charge in [-0.2, -0.15) is 5.10 Å². The van der Waals surface area contributed by atoms with Crippen LogP contribution in [0.2, 0.25) is 0 Å². The van der Waals surface area contributed by atoms with Gasteiger partial charge >= 0.3 is 0 Å². The van der Waals surface area contributed by atoms with Crippen molar-refractivity contribution in [1.82, 2.24) is 25.0 Å². The Labute approximate surface area is 168 Å². The normalized spacial score (nSPS) is 17.3. The number of hydrogen-bond acceptors (Lipinski definition) is 5. The lowest BCUT2D eigenvalue weighted by Gasteiger charge is -2.21. The summed E-state index contributed by atoms with van der Waals surface area (Å²) in [7, 11) is 1.75. The van der Waals surface area contributed by atoms with Crippen molar-refractivity contribution < 1.29 is 9.59 Å². The minimum absolute atomic E-state index is 0.0516. The highest BCUT2D eigenvalue weighted by Crippen LogP contribution is 2.22. The highest BCUT2D eigenvalue weighted by atomic mass is 16.2. The van der Waals surface area contributed by atoms with Crippen LogP contribution in [-0.4, -0.2) is 63.5 Å². The largest absolute Gasteiger partial charge is 0.364 e. The van der Waals surface area contributed by atoms with Crippen molar-refractivity contribution in [3.8, 4) is 0 Å². The fourth-order valence-electron chi connectivity index (χ4n) is 3.67. The number of anilines is 1. The molecule has 2 N–H and O–H groups in total. The van der Waals surface area contributed by atoms with Crippen molar-refractivity contribution in [1.29, 1.82) is 0 Å². The van der Waals surface area contributed by atoms with Gasteiger partial charge in [0, 0.05) is 37.8 Å². The number of carbonyl (C=O) groups is 2. The molecule has 0 unspecified atom stereocenters. The number of nitrogens with zero attached hydrogens (tertiary/aromatic N) is 4. The number of amides is 2. The number of aromatic amines is 1. The van der Waals surface area contributed by atoms with Gasteiger partial charge in [-0.1, -0.05) is 6.07 Å². The molecule has 2 amide bonds. The van der Waals surface area contributed by atoms with Crippen molar-refractivity contribution in [3.05, 3.63) is 53.9 Å². The van der Waals surface area contributed by atoms with E-state index in [-0.39, 0.29) is 18.0 Å². The Morgan fingerprint density at radius 2 is 2.21 bits per heavy atom. The van der Waals surface area contributed by atoms with Gasteiger partial charge in [0.05, 0.1) is 23.3 Å². The van der Waals surface area contributed by atoms with Crippen LogP contribution < -0.4 is 5.32 Å². The maximum atomic E-state index is 12.7. The van der Waals surface area contributed by atoms with E-state index < -0.39 is 0 Å². The fraction of sp³-hybridized carbons (Fsp3) is 0.333. The summed E-state index contributed by atoms with van der Waals surface area (Å²) in [5, 5.41) is 11.4. The van der Waals surface area contributed by atoms with Gasteiger partial charge in [0.1, 0.15) is 5.82 Å². The number of pyridine rings is 1. The maximum absolute atomic E-state index is 12.7. The first kappa shape index (κ1) is 18.9. The number of nitrogens with one attached hydrogen (secondary N) is 2. The number of fused-ring (bicyclic) bond motifs is 1. The molecule has 29 heavy (non-hydrogen) atoms. The molecule has 0 bridgehead atoms. The van der Waals surface area contributed by atoms with Crippen molar-refractivity contribution in [3.63, 3.8) is 0 Å². The van der Waals surface area contributed by atoms with E-state index in [1.54, 1.807) is 35.3 Å². The molecular formula is C21H24N6O2. The van der Waals surface area contributed by atoms with Gasteiger partial charge in [-0.15, -0.1) is 0 Å². The molecule has 8 heteroatoms. The predicted octanol–water partition coefficient (Wildman–Crippen LogP) is 2.43. The highest BCUT2D eigenvalue weighted by Gasteiger charge is 2.29. The lowest BCUT2D eigenvalue weighted by Crippen LogP contribution is -2.35. The van der Waals surface area contributed by atoms with Crippen LogP contribution >= 0.6 is 0 Å². The van der Waals surface area contributed by atoms with E-state index in [0.29, 0.717) is 24.5 Å². The Bertz CT molecular complexity index is 1020. The zero-order valence-electron chi connectivity index (χ0n) is 16.5. The van der Waals surface area contributed by atoms with Crippen molar-refractivity contribution in [2.75, 3.05) is 25.5 Å². The molecule has 3 heterocycles. The summed E-state index contributed by atoms with van der Waals surface area (Å²) in [5.74, 6) is 0.658. The van der Waals surface area contributed by atoms with Crippen LogP contribution in [0.25, 0.3) is 10.9 Å². The van der Waals surface area contributed by atoms with Crippen molar-refractivity contribution in [2.45, 2.75) is 25.4 Å². The summed E-state index contributed by atoms with van der Waals surface area (Å²) in [6, 6.07) is 9.91. The molecule has 0 radical (unpaired) electrons. The minimum atomic E-state index is -0.0516. The van der Waals surface area contributed by atoms with E-state index in [1.165, 1.54) is 0 Å². The minimum Gasteiger partial charge on any atom is -0.364 e. The summed E-state index contributed by atoms with van der Waals surface area (Å²) in [6.45, 7) is 3.27. The van der Waals surface area contributed by atoms with Gasteiger partial charge in [0.15, 0.2) is 0 Å². The Morgan fingerprint density at radius 3 is 2.97 bits per heavy atom. The Morgan fingerprint density at radius 1 is 1.34 bits per heavy atom. The van der Waals surface area contributed by atoms with Gasteiger partial charge in [-0.05, 0) is 43.2 Å². The van der Waals surface area contributed by atoms with E-state index in [9.17, 15) is 9.59 Å². The topological polar surface area (TPSA) is 94.2 Å². The molecule has 2 atom stereocenters. The predicted molar refractivity (Wildman–Crippen MR) is 111 cm³/mol. The van der Waals surface area contributed by atoms with Gasteiger partial charge in [-0.3, -0.25) is 14.7 Å². The van der Waals surface area contributed by atoms with E-state index in [0.717, 1.165) is 29.3 Å². The van der Waals surface area contributed by atoms with E-state index in [2.05, 4.69) is 39.6 Å². The molecule has 150 valence electrons. The summed E-state index contributed by atoms with van der Waals surface area (Å²) in [5.41, 5.74) is 2.69. The first-order valence-corrected chi connectivity index (χ1v) is 9.67. The third-order valence-electron chi connectivity index (χ3n) is 5.53. The molecule has 8 nitrogen and oxygen atoms in total. The van der Waals surface area contributed by atoms with E-state index >= 15 is 0 Å². The van der Waals surface area contributed by atoms with Crippen LogP contribution in [0.3, 0.4) is 0 Å². The Kier molecular flexibility index (Phi) is 5.16. The van der Waals surface area contributed by atoms with E-state index in [4.69, 9.17) is 0 Å². The highest BCUT2D eigenvalue weighted by molar-refractivity contribution is 5.94. The number of likely N-dealkylation sites (N-methyl/N-ethyl adjacent to an activating group) is 1. The van der Waals surface area contributed by atoms with Crippen LogP contribution in [0.15, 0.2) is 42.7 Å². The second-order valence-corrected chi connectivity index (χ2v) is 7.48. The lowest BCUT2D eigenvalue weighted by atomic mass is 10.1. The molecule has 1 fully saturated rings. The molecule has 0 spiro atoms. The number of hydrogen-bond donors (Lipinski definition) is 2. The Balaban J connectivity index is 1.39.